The number of aliphatic carboxylic acids is 1. The highest BCUT2D eigenvalue weighted by Crippen LogP contribution is 2.30. The second kappa shape index (κ2) is 12.4. The summed E-state index contributed by atoms with van der Waals surface area (Å²) in [6.07, 6.45) is 6.12. The van der Waals surface area contributed by atoms with E-state index in [4.69, 9.17) is 9.84 Å². The number of amides is 2. The van der Waals surface area contributed by atoms with Crippen molar-refractivity contribution in [2.24, 2.45) is 11.8 Å². The lowest BCUT2D eigenvalue weighted by atomic mass is 9.86. The molecule has 9 heteroatoms. The van der Waals surface area contributed by atoms with E-state index in [0.29, 0.717) is 36.6 Å². The number of aromatic nitrogens is 1. The van der Waals surface area contributed by atoms with Crippen LogP contribution >= 0.6 is 23.1 Å². The predicted molar refractivity (Wildman–Crippen MR) is 118 cm³/mol. The fraction of sp³-hybridized carbons (Fsp3) is 0.750. The van der Waals surface area contributed by atoms with Crippen LogP contribution in [0.25, 0.3) is 0 Å². The topological polar surface area (TPSA) is 91.8 Å². The van der Waals surface area contributed by atoms with Gasteiger partial charge in [0, 0.05) is 24.9 Å². The summed E-state index contributed by atoms with van der Waals surface area (Å²) < 4.78 is 6.62. The van der Waals surface area contributed by atoms with Gasteiger partial charge in [-0.15, -0.1) is 11.8 Å². The molecule has 29 heavy (non-hydrogen) atoms. The minimum atomic E-state index is -0.812. The second-order valence-electron chi connectivity index (χ2n) is 7.98. The second-order valence-corrected chi connectivity index (χ2v) is 10.4. The molecule has 0 radical (unpaired) electrons. The Morgan fingerprint density at radius 3 is 2.76 bits per heavy atom. The third kappa shape index (κ3) is 8.92. The summed E-state index contributed by atoms with van der Waals surface area (Å²) in [6, 6.07) is 0.104. The number of anilines is 1. The van der Waals surface area contributed by atoms with Gasteiger partial charge in [0.1, 0.15) is 0 Å². The predicted octanol–water partition coefficient (Wildman–Crippen LogP) is 4.80. The van der Waals surface area contributed by atoms with Crippen molar-refractivity contribution >= 4 is 40.2 Å². The van der Waals surface area contributed by atoms with Gasteiger partial charge in [0.2, 0.25) is 0 Å². The first kappa shape index (κ1) is 24.0. The first-order valence-electron chi connectivity index (χ1n) is 10.3. The number of nitrogens with one attached hydrogen (secondary N) is 1. The summed E-state index contributed by atoms with van der Waals surface area (Å²) in [6.45, 7) is 8.30. The van der Waals surface area contributed by atoms with Crippen LogP contribution in [0.15, 0.2) is 10.4 Å². The number of hydrogen-bond donors (Lipinski definition) is 2. The number of carbonyl (C=O) groups is 2. The Balaban J connectivity index is 1.91. The molecule has 0 unspecified atom stereocenters. The lowest BCUT2D eigenvalue weighted by molar-refractivity contribution is -0.136. The number of ether oxygens (including phenoxy) is 1. The van der Waals surface area contributed by atoms with Gasteiger partial charge < -0.3 is 14.7 Å². The summed E-state index contributed by atoms with van der Waals surface area (Å²) in [4.78, 5) is 29.8. The van der Waals surface area contributed by atoms with Gasteiger partial charge in [0.25, 0.3) is 0 Å². The molecule has 0 aliphatic heterocycles. The summed E-state index contributed by atoms with van der Waals surface area (Å²) in [5, 5.41) is 12.2. The molecule has 1 heterocycles. The first-order chi connectivity index (χ1) is 13.8. The van der Waals surface area contributed by atoms with Gasteiger partial charge in [-0.1, -0.05) is 32.1 Å². The molecule has 1 fully saturated rings. The van der Waals surface area contributed by atoms with Gasteiger partial charge in [0.05, 0.1) is 23.4 Å². The molecule has 0 spiro atoms. The number of hydrogen-bond acceptors (Lipinski definition) is 6. The highest BCUT2D eigenvalue weighted by molar-refractivity contribution is 8.01. The number of nitrogens with zero attached hydrogens (tertiary/aromatic N) is 2. The van der Waals surface area contributed by atoms with Crippen LogP contribution in [-0.4, -0.2) is 58.5 Å². The van der Waals surface area contributed by atoms with Crippen LogP contribution in [0, 0.1) is 11.8 Å². The molecule has 2 N–H and O–H groups in total. The average molecular weight is 444 g/mol. The van der Waals surface area contributed by atoms with E-state index < -0.39 is 5.97 Å². The molecule has 0 aromatic carbocycles. The molecular weight excluding hydrogens is 410 g/mol. The van der Waals surface area contributed by atoms with E-state index in [1.54, 1.807) is 6.20 Å². The van der Waals surface area contributed by atoms with Gasteiger partial charge in [0.15, 0.2) is 5.13 Å². The highest BCUT2D eigenvalue weighted by Gasteiger charge is 2.28. The number of thioether (sulfide) groups is 1. The van der Waals surface area contributed by atoms with E-state index in [0.717, 1.165) is 35.8 Å². The van der Waals surface area contributed by atoms with Crippen molar-refractivity contribution in [1.82, 2.24) is 9.88 Å². The van der Waals surface area contributed by atoms with Crippen molar-refractivity contribution in [2.75, 3.05) is 30.8 Å². The zero-order valence-electron chi connectivity index (χ0n) is 17.6. The van der Waals surface area contributed by atoms with Crippen molar-refractivity contribution in [3.63, 3.8) is 0 Å². The molecule has 1 saturated carbocycles. The lowest BCUT2D eigenvalue weighted by Crippen LogP contribution is -2.46. The first-order valence-corrected chi connectivity index (χ1v) is 12.1. The Hall–Kier alpha value is -1.32. The maximum Gasteiger partial charge on any atom is 0.323 e. The van der Waals surface area contributed by atoms with Crippen molar-refractivity contribution in [3.05, 3.63) is 6.20 Å². The van der Waals surface area contributed by atoms with Gasteiger partial charge >= 0.3 is 12.0 Å². The number of thiazole rings is 1. The monoisotopic (exact) mass is 443 g/mol. The smallest absolute Gasteiger partial charge is 0.323 e. The van der Waals surface area contributed by atoms with Crippen LogP contribution in [0.5, 0.6) is 0 Å². The molecular formula is C20H33N3O4S2. The summed E-state index contributed by atoms with van der Waals surface area (Å²) in [7, 11) is 0. The average Bonchev–Trinajstić information content (AvgIpc) is 3.09. The van der Waals surface area contributed by atoms with Crippen molar-refractivity contribution < 1.29 is 19.4 Å². The molecule has 0 atom stereocenters. The molecule has 1 aromatic rings. The van der Waals surface area contributed by atoms with Crippen LogP contribution in [0.4, 0.5) is 9.93 Å². The highest BCUT2D eigenvalue weighted by atomic mass is 32.2. The Morgan fingerprint density at radius 2 is 2.10 bits per heavy atom. The van der Waals surface area contributed by atoms with Gasteiger partial charge in [-0.25, -0.2) is 9.78 Å². The molecule has 2 amide bonds. The van der Waals surface area contributed by atoms with Crippen molar-refractivity contribution in [2.45, 2.75) is 63.1 Å². The minimum Gasteiger partial charge on any atom is -0.481 e. The summed E-state index contributed by atoms with van der Waals surface area (Å²) >= 11 is 2.82. The van der Waals surface area contributed by atoms with Crippen LogP contribution in [0.2, 0.25) is 0 Å². The third-order valence-corrected chi connectivity index (χ3v) is 6.98. The molecule has 2 rings (SSSR count). The zero-order valence-corrected chi connectivity index (χ0v) is 19.2. The van der Waals surface area contributed by atoms with E-state index in [2.05, 4.69) is 31.1 Å². The molecule has 164 valence electrons. The van der Waals surface area contributed by atoms with Crippen molar-refractivity contribution in [3.8, 4) is 0 Å². The fourth-order valence-electron chi connectivity index (χ4n) is 3.27. The fourth-order valence-corrected chi connectivity index (χ4v) is 5.14. The molecule has 0 saturated heterocycles. The Kier molecular flexibility index (Phi) is 10.2. The summed E-state index contributed by atoms with van der Waals surface area (Å²) in [5.74, 6) is 0.871. The number of urea groups is 1. The van der Waals surface area contributed by atoms with Gasteiger partial charge in [-0.3, -0.25) is 10.1 Å². The Bertz CT molecular complexity index is 645. The molecule has 7 nitrogen and oxygen atoms in total. The number of carboxylic acid groups (broad SMARTS) is 1. The number of carbonyl (C=O) groups excluding carboxylic acids is 1. The molecule has 1 aliphatic rings. The molecule has 1 aromatic heterocycles. The number of carboxylic acids is 1. The van der Waals surface area contributed by atoms with Crippen LogP contribution in [0.1, 0.15) is 52.9 Å². The molecule has 0 bridgehead atoms. The van der Waals surface area contributed by atoms with E-state index in [1.807, 2.05) is 4.90 Å². The third-order valence-electron chi connectivity index (χ3n) is 4.87. The summed E-state index contributed by atoms with van der Waals surface area (Å²) in [5.41, 5.74) is 0. The van der Waals surface area contributed by atoms with E-state index in [9.17, 15) is 9.59 Å². The van der Waals surface area contributed by atoms with Gasteiger partial charge in [-0.05, 0) is 37.5 Å². The molecule has 1 aliphatic carbocycles. The van der Waals surface area contributed by atoms with Gasteiger partial charge in [-0.2, -0.15) is 0 Å². The van der Waals surface area contributed by atoms with E-state index in [-0.39, 0.29) is 18.5 Å². The van der Waals surface area contributed by atoms with Crippen molar-refractivity contribution in [1.29, 1.82) is 0 Å². The lowest BCUT2D eigenvalue weighted by Gasteiger charge is -2.36. The maximum absolute atomic E-state index is 13.0. The Labute approximate surface area is 181 Å². The van der Waals surface area contributed by atoms with E-state index in [1.165, 1.54) is 23.1 Å². The largest absolute Gasteiger partial charge is 0.481 e. The Morgan fingerprint density at radius 1 is 1.38 bits per heavy atom. The van der Waals surface area contributed by atoms with Crippen LogP contribution in [0.3, 0.4) is 0 Å². The SMILES string of the molecule is CC(C)COCCN(C(=O)Nc1ncc(SCCC(=O)O)s1)[C@H]1CC[C@H](C)CC1. The van der Waals surface area contributed by atoms with Crippen LogP contribution < -0.4 is 5.32 Å². The van der Waals surface area contributed by atoms with E-state index >= 15 is 0 Å². The van der Waals surface area contributed by atoms with Crippen LogP contribution in [-0.2, 0) is 9.53 Å². The maximum atomic E-state index is 13.0. The number of rotatable bonds is 11. The minimum absolute atomic E-state index is 0.106. The zero-order chi connectivity index (χ0) is 21.2. The normalized spacial score (nSPS) is 19.3. The standard InChI is InChI=1S/C20H33N3O4S2/c1-14(2)13-27-10-9-23(16-6-4-15(3)5-7-16)20(26)22-19-21-12-18(29-19)28-11-8-17(24)25/h12,14-16H,4-11,13H2,1-3H3,(H,24,25)(H,21,22,26)/t15-,16-. The quantitative estimate of drug-likeness (QED) is 0.377.